The van der Waals surface area contributed by atoms with Crippen LogP contribution in [0.25, 0.3) is 0 Å². The Balaban J connectivity index is 1.61. The number of nitrogens with one attached hydrogen (secondary N) is 3. The van der Waals surface area contributed by atoms with Gasteiger partial charge in [-0.2, -0.15) is 0 Å². The van der Waals surface area contributed by atoms with E-state index in [1.54, 1.807) is 4.90 Å². The summed E-state index contributed by atoms with van der Waals surface area (Å²) in [5, 5.41) is 29.4. The first-order valence-corrected chi connectivity index (χ1v) is 18.5. The lowest BCUT2D eigenvalue weighted by atomic mass is 9.83. The summed E-state index contributed by atoms with van der Waals surface area (Å²) in [6.07, 6.45) is -0.931. The van der Waals surface area contributed by atoms with E-state index in [9.17, 15) is 29.4 Å². The molecule has 286 valence electrons. The number of urea groups is 2. The molecule has 6 amide bonds. The Morgan fingerprint density at radius 1 is 0.943 bits per heavy atom. The Morgan fingerprint density at radius 2 is 1.60 bits per heavy atom. The van der Waals surface area contributed by atoms with Crippen molar-refractivity contribution in [3.05, 3.63) is 101 Å². The molecule has 1 aliphatic rings. The fraction of sp³-hybridized carbons (Fsp3) is 0.475. The van der Waals surface area contributed by atoms with Crippen molar-refractivity contribution < 1.29 is 29.4 Å². The number of aryl methyl sites for hydroxylation is 1. The van der Waals surface area contributed by atoms with Gasteiger partial charge in [0.1, 0.15) is 0 Å². The van der Waals surface area contributed by atoms with E-state index in [4.69, 9.17) is 0 Å². The second kappa shape index (κ2) is 19.7. The largest absolute Gasteiger partial charge is 0.465 e. The van der Waals surface area contributed by atoms with Crippen LogP contribution in [-0.2, 0) is 24.3 Å². The summed E-state index contributed by atoms with van der Waals surface area (Å²) < 4.78 is 0. The molecule has 1 aromatic heterocycles. The third-order valence-electron chi connectivity index (χ3n) is 10.0. The van der Waals surface area contributed by atoms with Crippen LogP contribution in [0.3, 0.4) is 0 Å². The van der Waals surface area contributed by atoms with Crippen LogP contribution in [0.1, 0.15) is 63.1 Å². The van der Waals surface area contributed by atoms with Gasteiger partial charge >= 0.3 is 18.2 Å². The molecule has 13 nitrogen and oxygen atoms in total. The van der Waals surface area contributed by atoms with Gasteiger partial charge in [0.15, 0.2) is 0 Å². The summed E-state index contributed by atoms with van der Waals surface area (Å²) in [6.45, 7) is 10.3. The number of aliphatic hydroxyl groups is 1. The van der Waals surface area contributed by atoms with Crippen LogP contribution in [0.4, 0.5) is 14.4 Å². The molecule has 2 aromatic carbocycles. The van der Waals surface area contributed by atoms with Crippen LogP contribution in [0.5, 0.6) is 0 Å². The van der Waals surface area contributed by atoms with Crippen molar-refractivity contribution in [1.82, 2.24) is 35.9 Å². The van der Waals surface area contributed by atoms with Crippen molar-refractivity contribution in [3.8, 4) is 0 Å². The lowest BCUT2D eigenvalue weighted by molar-refractivity contribution is -0.130. The number of hydrogen-bond donors (Lipinski definition) is 5. The van der Waals surface area contributed by atoms with Gasteiger partial charge in [0.05, 0.1) is 36.3 Å². The second-order valence-electron chi connectivity index (χ2n) is 14.1. The van der Waals surface area contributed by atoms with Crippen LogP contribution >= 0.6 is 0 Å². The van der Waals surface area contributed by atoms with Gasteiger partial charge in [-0.3, -0.25) is 15.2 Å². The topological polar surface area (TPSA) is 167 Å². The fourth-order valence-corrected chi connectivity index (χ4v) is 6.61. The number of rotatable bonds is 18. The highest BCUT2D eigenvalue weighted by Crippen LogP contribution is 2.28. The van der Waals surface area contributed by atoms with Crippen molar-refractivity contribution in [2.75, 3.05) is 19.6 Å². The average Bonchev–Trinajstić information content (AvgIpc) is 3.48. The van der Waals surface area contributed by atoms with Crippen LogP contribution < -0.4 is 16.1 Å². The Hall–Kier alpha value is -5.01. The van der Waals surface area contributed by atoms with Crippen molar-refractivity contribution in [2.45, 2.75) is 85.2 Å². The van der Waals surface area contributed by atoms with Crippen molar-refractivity contribution in [1.29, 1.82) is 0 Å². The van der Waals surface area contributed by atoms with Crippen LogP contribution in [-0.4, -0.2) is 91.9 Å². The van der Waals surface area contributed by atoms with Gasteiger partial charge in [0.2, 0.25) is 5.91 Å². The summed E-state index contributed by atoms with van der Waals surface area (Å²) in [4.78, 5) is 60.2. The second-order valence-corrected chi connectivity index (χ2v) is 14.1. The third kappa shape index (κ3) is 11.7. The molecular formula is C40H55N7O6. The highest BCUT2D eigenvalue weighted by atomic mass is 16.4. The minimum absolute atomic E-state index is 0.0125. The normalized spacial score (nSPS) is 17.0. The number of benzene rings is 2. The van der Waals surface area contributed by atoms with E-state index >= 15 is 0 Å². The van der Waals surface area contributed by atoms with Crippen molar-refractivity contribution in [3.63, 3.8) is 0 Å². The number of aromatic nitrogens is 1. The van der Waals surface area contributed by atoms with E-state index in [-0.39, 0.29) is 62.9 Å². The summed E-state index contributed by atoms with van der Waals surface area (Å²) in [7, 11) is 0. The SMILES string of the molecule is CCC(C)CN(C(=O)O)C(=O)NN(Cc1ccccc1)CC(O)C(Cc1ccccc1)NC(=O)C(C(C)CC)C1CNC(=O)N1Cc1cccc(C)n1. The van der Waals surface area contributed by atoms with E-state index in [1.807, 2.05) is 113 Å². The number of aliphatic hydroxyl groups excluding tert-OH is 1. The van der Waals surface area contributed by atoms with Gasteiger partial charge in [-0.25, -0.2) is 24.3 Å². The van der Waals surface area contributed by atoms with Crippen molar-refractivity contribution >= 4 is 24.1 Å². The number of hydrogen-bond acceptors (Lipinski definition) is 7. The smallest absolute Gasteiger partial charge is 0.415 e. The lowest BCUT2D eigenvalue weighted by Crippen LogP contribution is -2.57. The number of amides is 6. The van der Waals surface area contributed by atoms with Gasteiger partial charge < -0.3 is 25.7 Å². The maximum Gasteiger partial charge on any atom is 0.415 e. The van der Waals surface area contributed by atoms with Gasteiger partial charge in [0.25, 0.3) is 0 Å². The standard InChI is InChI=1S/C40H55N7O6/c1-6-27(3)23-47(40(52)53)39(51)44-45(24-31-18-12-9-13-19-31)26-35(48)33(21-30-16-10-8-11-17-30)43-37(49)36(28(4)7-2)34-22-41-38(50)46(34)25-32-20-14-15-29(5)42-32/h8-20,27-28,33-36,48H,6-7,21-26H2,1-5H3,(H,41,50)(H,43,49)(H,44,51)(H,52,53). The van der Waals surface area contributed by atoms with Gasteiger partial charge in [0, 0.05) is 31.9 Å². The number of hydrazine groups is 1. The number of pyridine rings is 1. The molecule has 1 saturated heterocycles. The van der Waals surface area contributed by atoms with E-state index in [1.165, 1.54) is 5.01 Å². The van der Waals surface area contributed by atoms with E-state index in [0.717, 1.165) is 27.4 Å². The molecule has 5 N–H and O–H groups in total. The minimum Gasteiger partial charge on any atom is -0.465 e. The Morgan fingerprint density at radius 3 is 2.21 bits per heavy atom. The lowest BCUT2D eigenvalue weighted by Gasteiger charge is -2.36. The Kier molecular flexibility index (Phi) is 15.2. The van der Waals surface area contributed by atoms with Crippen LogP contribution in [0.15, 0.2) is 78.9 Å². The molecule has 6 atom stereocenters. The first kappa shape index (κ1) is 40.8. The summed E-state index contributed by atoms with van der Waals surface area (Å²) in [6, 6.07) is 22.1. The Labute approximate surface area is 312 Å². The zero-order valence-electron chi connectivity index (χ0n) is 31.4. The maximum absolute atomic E-state index is 14.5. The predicted molar refractivity (Wildman–Crippen MR) is 202 cm³/mol. The molecule has 0 spiro atoms. The summed E-state index contributed by atoms with van der Waals surface area (Å²) in [5.41, 5.74) is 5.98. The maximum atomic E-state index is 14.5. The van der Waals surface area contributed by atoms with Gasteiger partial charge in [-0.05, 0) is 48.4 Å². The average molecular weight is 730 g/mol. The molecule has 4 rings (SSSR count). The highest BCUT2D eigenvalue weighted by molar-refractivity contribution is 5.89. The fourth-order valence-electron chi connectivity index (χ4n) is 6.61. The van der Waals surface area contributed by atoms with E-state index in [0.29, 0.717) is 12.8 Å². The monoisotopic (exact) mass is 729 g/mol. The Bertz CT molecular complexity index is 1640. The molecule has 13 heteroatoms. The van der Waals surface area contributed by atoms with Crippen LogP contribution in [0, 0.1) is 24.7 Å². The number of carbonyl (C=O) groups excluding carboxylic acids is 3. The van der Waals surface area contributed by atoms with Gasteiger partial charge in [-0.1, -0.05) is 107 Å². The number of nitrogens with zero attached hydrogens (tertiary/aromatic N) is 4. The molecule has 3 aromatic rings. The molecule has 0 aliphatic carbocycles. The van der Waals surface area contributed by atoms with Gasteiger partial charge in [-0.15, -0.1) is 0 Å². The van der Waals surface area contributed by atoms with Crippen molar-refractivity contribution in [2.24, 2.45) is 17.8 Å². The molecular weight excluding hydrogens is 674 g/mol. The molecule has 0 radical (unpaired) electrons. The van der Waals surface area contributed by atoms with E-state index in [2.05, 4.69) is 21.0 Å². The first-order chi connectivity index (χ1) is 25.4. The molecule has 0 saturated carbocycles. The minimum atomic E-state index is -1.37. The third-order valence-corrected chi connectivity index (χ3v) is 10.0. The molecule has 53 heavy (non-hydrogen) atoms. The zero-order valence-corrected chi connectivity index (χ0v) is 31.4. The molecule has 1 fully saturated rings. The molecule has 0 bridgehead atoms. The quantitative estimate of drug-likeness (QED) is 0.112. The highest BCUT2D eigenvalue weighted by Gasteiger charge is 2.43. The summed E-state index contributed by atoms with van der Waals surface area (Å²) in [5.74, 6) is -1.08. The number of imide groups is 1. The molecule has 2 heterocycles. The molecule has 1 aliphatic heterocycles. The first-order valence-electron chi connectivity index (χ1n) is 18.5. The van der Waals surface area contributed by atoms with Crippen LogP contribution in [0.2, 0.25) is 0 Å². The zero-order chi connectivity index (χ0) is 38.5. The number of carbonyl (C=O) groups is 4. The molecule has 6 unspecified atom stereocenters. The number of carboxylic acid groups (broad SMARTS) is 1. The van der Waals surface area contributed by atoms with E-state index < -0.39 is 36.2 Å². The predicted octanol–water partition coefficient (Wildman–Crippen LogP) is 5.19. The summed E-state index contributed by atoms with van der Waals surface area (Å²) >= 11 is 0.